The normalized spacial score (nSPS) is 16.6. The van der Waals surface area contributed by atoms with E-state index in [0.717, 1.165) is 213 Å². The van der Waals surface area contributed by atoms with Gasteiger partial charge in [0.2, 0.25) is 28.6 Å². The summed E-state index contributed by atoms with van der Waals surface area (Å²) in [5.41, 5.74) is 28.2. The van der Waals surface area contributed by atoms with E-state index in [1.807, 2.05) is 121 Å². The zero-order valence-corrected chi connectivity index (χ0v) is 79.6. The number of nitrogens with zero attached hydrogens (tertiary/aromatic N) is 21. The molecule has 134 heavy (non-hydrogen) atoms. The Kier molecular flexibility index (Phi) is 20.9. The van der Waals surface area contributed by atoms with E-state index in [4.69, 9.17) is 32.1 Å². The lowest BCUT2D eigenvalue weighted by Crippen LogP contribution is -2.42. The van der Waals surface area contributed by atoms with Crippen LogP contribution in [0.4, 0.5) is 86.1 Å². The minimum Gasteiger partial charge on any atom is -0.435 e. The van der Waals surface area contributed by atoms with E-state index >= 15 is 0 Å². The van der Waals surface area contributed by atoms with Gasteiger partial charge in [-0.3, -0.25) is 4.90 Å². The first kappa shape index (κ1) is 85.3. The highest BCUT2D eigenvalue weighted by molar-refractivity contribution is 6.15. The van der Waals surface area contributed by atoms with Crippen molar-refractivity contribution in [2.45, 2.75) is 174 Å². The Balaban J connectivity index is 0.000000101. The quantitative estimate of drug-likeness (QED) is 0.144. The van der Waals surface area contributed by atoms with Crippen LogP contribution >= 0.6 is 0 Å². The summed E-state index contributed by atoms with van der Waals surface area (Å²) < 4.78 is 31.4. The summed E-state index contributed by atoms with van der Waals surface area (Å²) in [5.74, 6) is 5.67. The molecule has 0 saturated carbocycles. The van der Waals surface area contributed by atoms with Gasteiger partial charge in [0, 0.05) is 153 Å². The number of pyridine rings is 9. The molecule has 0 saturated heterocycles. The molecule has 5 aliphatic rings. The molecule has 0 unspecified atom stereocenters. The van der Waals surface area contributed by atoms with Gasteiger partial charge in [0.25, 0.3) is 0 Å². The molecular formula is C108H107N21O5. The van der Waals surface area contributed by atoms with Crippen LogP contribution in [0.25, 0.3) is 110 Å². The monoisotopic (exact) mass is 1780 g/mol. The third kappa shape index (κ3) is 13.7. The summed E-state index contributed by atoms with van der Waals surface area (Å²) in [6, 6.07) is 59.2. The minimum absolute atomic E-state index is 0.0830. The van der Waals surface area contributed by atoms with Gasteiger partial charge >= 0.3 is 0 Å². The Hall–Kier alpha value is -15.5. The van der Waals surface area contributed by atoms with Crippen LogP contribution < -0.4 is 49.0 Å². The molecule has 0 fully saturated rings. The molecular weight excluding hydrogens is 1670 g/mol. The Morgan fingerprint density at radius 3 is 0.858 bits per heavy atom. The van der Waals surface area contributed by atoms with Gasteiger partial charge in [-0.25, -0.2) is 54.8 Å². The minimum atomic E-state index is 0.0830. The standard InChI is InChI=1S/2C23H24N4O.2C21H20N4O.C20H19N5O/c1-13(2)26-16(5)27(19-7-6-12-24-22(19)26)20-14(3)8-10-17-18-11-9-15(4)25-23(18)28-21(17)20;1-13(2)26-16(5)27(22-19(26)7-6-12-24-22)20-14(3)8-10-17-18-11-9-15(4)25-23(18)28-21(17)20;1-12-7-9-15-16-10-8-13(2)23-21(16)26-19(15)18(12)25-14(3)24(4)20-17(25)6-5-11-22-20;1-12-7-9-15-16-10-8-13(2)23-21(16)26-19(15)18(12)25-14(3)24(4)17-6-5-11-22-20(17)25;1-11-5-7-14-15-8-6-12(2)23-20(15)26-17(14)16(11)25-13(3)24(4)18-19(25)22-10-9-21-18/h2*6-13,16H,1-5H3;2*5-11,14H,1-4H3;5-10,13H,1-4H3/t2*16-;2*14-;13-/m00000/s1. The number of furan rings is 5. The largest absolute Gasteiger partial charge is 0.435 e. The first-order chi connectivity index (χ1) is 64.6. The van der Waals surface area contributed by atoms with Gasteiger partial charge in [-0.1, -0.05) is 60.7 Å². The second-order valence-corrected chi connectivity index (χ2v) is 36.5. The van der Waals surface area contributed by atoms with Crippen LogP contribution in [0, 0.1) is 69.2 Å². The maximum absolute atomic E-state index is 6.33. The summed E-state index contributed by atoms with van der Waals surface area (Å²) in [5, 5.41) is 10.7. The number of aromatic nitrogens is 11. The van der Waals surface area contributed by atoms with Gasteiger partial charge < -0.3 is 66.2 Å². The van der Waals surface area contributed by atoms with Crippen LogP contribution in [0.5, 0.6) is 0 Å². The second kappa shape index (κ2) is 32.8. The molecule has 5 aliphatic heterocycles. The zero-order valence-electron chi connectivity index (χ0n) is 79.6. The van der Waals surface area contributed by atoms with Crippen molar-refractivity contribution >= 4 is 196 Å². The molecule has 20 heterocycles. The summed E-state index contributed by atoms with van der Waals surface area (Å²) in [6.45, 7) is 40.4. The molecule has 20 aromatic rings. The van der Waals surface area contributed by atoms with E-state index in [0.29, 0.717) is 40.7 Å². The summed E-state index contributed by atoms with van der Waals surface area (Å²) in [6.07, 6.45) is 11.5. The van der Waals surface area contributed by atoms with Gasteiger partial charge in [0.05, 0.1) is 51.2 Å². The average molecular weight is 1780 g/mol. The van der Waals surface area contributed by atoms with Crippen molar-refractivity contribution in [2.75, 3.05) is 70.1 Å². The highest BCUT2D eigenvalue weighted by Gasteiger charge is 2.44. The molecule has 0 spiro atoms. The van der Waals surface area contributed by atoms with Crippen LogP contribution in [0.15, 0.2) is 229 Å². The lowest BCUT2D eigenvalue weighted by molar-refractivity contribution is 0.597. The average Bonchev–Trinajstić information content (AvgIpc) is 1.59. The third-order valence-electron chi connectivity index (χ3n) is 27.3. The van der Waals surface area contributed by atoms with Gasteiger partial charge in [-0.05, 0) is 269 Å². The molecule has 674 valence electrons. The first-order valence-corrected chi connectivity index (χ1v) is 45.9. The summed E-state index contributed by atoms with van der Waals surface area (Å²) in [4.78, 5) is 73.5. The molecule has 0 radical (unpaired) electrons. The van der Waals surface area contributed by atoms with E-state index in [-0.39, 0.29) is 30.8 Å². The number of aryl methyl sites for hydroxylation is 10. The third-order valence-corrected chi connectivity index (χ3v) is 27.3. The van der Waals surface area contributed by atoms with Crippen LogP contribution in [0.2, 0.25) is 0 Å². The van der Waals surface area contributed by atoms with E-state index in [2.05, 4.69) is 320 Å². The van der Waals surface area contributed by atoms with Gasteiger partial charge in [0.15, 0.2) is 62.8 Å². The number of hydrogen-bond acceptors (Lipinski definition) is 26. The fourth-order valence-corrected chi connectivity index (χ4v) is 20.5. The van der Waals surface area contributed by atoms with Crippen molar-refractivity contribution in [3.8, 4) is 0 Å². The molecule has 15 aromatic heterocycles. The van der Waals surface area contributed by atoms with Crippen LogP contribution in [-0.2, 0) is 0 Å². The predicted octanol–water partition coefficient (Wildman–Crippen LogP) is 25.6. The van der Waals surface area contributed by atoms with Crippen molar-refractivity contribution in [1.82, 2.24) is 54.8 Å². The Labute approximate surface area is 776 Å². The highest BCUT2D eigenvalue weighted by atomic mass is 16.4. The topological polar surface area (TPSA) is 240 Å². The molecule has 26 heteroatoms. The number of hydrogen-bond donors (Lipinski definition) is 0. The van der Waals surface area contributed by atoms with Crippen LogP contribution in [0.1, 0.15) is 119 Å². The Morgan fingerprint density at radius 2 is 0.485 bits per heavy atom. The molecule has 5 atom stereocenters. The maximum atomic E-state index is 6.33. The summed E-state index contributed by atoms with van der Waals surface area (Å²) >= 11 is 0. The molecule has 0 N–H and O–H groups in total. The highest BCUT2D eigenvalue weighted by Crippen LogP contribution is 2.55. The van der Waals surface area contributed by atoms with E-state index in [1.54, 1.807) is 12.4 Å². The van der Waals surface area contributed by atoms with Gasteiger partial charge in [-0.2, -0.15) is 0 Å². The van der Waals surface area contributed by atoms with E-state index < -0.39 is 0 Å². The molecule has 5 aromatic carbocycles. The SMILES string of the molecule is Cc1ccc2c(n1)oc1c(N3c4cccnc4N(C(C)C)[C@@H]3C)c(C)ccc12.Cc1ccc2c(n1)oc1c(N3c4cccnc4N(C)[C@@H]3C)c(C)ccc12.Cc1ccc2c(n1)oc1c(N3c4ncccc4N(C(C)C)[C@@H]3C)c(C)ccc12.Cc1ccc2c(n1)oc1c(N3c4ncccc4N(C)[C@@H]3C)c(C)ccc12.Cc1ccc2c(n1)oc1c(N3c4nccnc4N(C)[C@@H]3C)c(C)ccc12. The lowest BCUT2D eigenvalue weighted by Gasteiger charge is -2.33. The second-order valence-electron chi connectivity index (χ2n) is 36.5. The Morgan fingerprint density at radius 1 is 0.231 bits per heavy atom. The first-order valence-electron chi connectivity index (χ1n) is 45.9. The number of rotatable bonds is 7. The molecule has 26 nitrogen and oxygen atoms in total. The number of fused-ring (bicyclic) bond motifs is 20. The number of anilines is 15. The van der Waals surface area contributed by atoms with Crippen LogP contribution in [-0.4, -0.2) is 119 Å². The van der Waals surface area contributed by atoms with Crippen molar-refractivity contribution in [3.63, 3.8) is 0 Å². The molecule has 0 amide bonds. The maximum Gasteiger partial charge on any atom is 0.227 e. The molecule has 0 bridgehead atoms. The lowest BCUT2D eigenvalue weighted by atomic mass is 10.1. The van der Waals surface area contributed by atoms with Crippen molar-refractivity contribution < 1.29 is 22.1 Å². The fraction of sp³-hybridized carbons (Fsp3) is 0.269. The fourth-order valence-electron chi connectivity index (χ4n) is 20.5. The van der Waals surface area contributed by atoms with Gasteiger partial charge in [0.1, 0.15) is 30.8 Å². The van der Waals surface area contributed by atoms with Gasteiger partial charge in [-0.15, -0.1) is 0 Å². The smallest absolute Gasteiger partial charge is 0.227 e. The van der Waals surface area contributed by atoms with Crippen LogP contribution in [0.3, 0.4) is 0 Å². The number of benzene rings is 5. The molecule has 0 aliphatic carbocycles. The predicted molar refractivity (Wildman–Crippen MR) is 542 cm³/mol. The van der Waals surface area contributed by atoms with Crippen molar-refractivity contribution in [2.24, 2.45) is 0 Å². The zero-order chi connectivity index (χ0) is 93.2. The summed E-state index contributed by atoms with van der Waals surface area (Å²) in [7, 11) is 6.22. The Bertz CT molecular complexity index is 7460. The van der Waals surface area contributed by atoms with E-state index in [1.165, 1.54) is 11.1 Å². The van der Waals surface area contributed by atoms with E-state index in [9.17, 15) is 0 Å². The van der Waals surface area contributed by atoms with Crippen molar-refractivity contribution in [3.05, 3.63) is 263 Å². The van der Waals surface area contributed by atoms with Crippen molar-refractivity contribution in [1.29, 1.82) is 0 Å². The molecule has 25 rings (SSSR count).